The topological polar surface area (TPSA) is 55.2 Å². The Balaban J connectivity index is 3.01. The quantitative estimate of drug-likeness (QED) is 0.500. The van der Waals surface area contributed by atoms with Gasteiger partial charge in [0.1, 0.15) is 11.5 Å². The normalized spacial score (nSPS) is 11.7. The summed E-state index contributed by atoms with van der Waals surface area (Å²) in [4.78, 5) is 9.58. The third kappa shape index (κ3) is 3.75. The van der Waals surface area contributed by atoms with Crippen LogP contribution in [0.1, 0.15) is 0 Å². The minimum Gasteiger partial charge on any atom is -0.373 e. The van der Waals surface area contributed by atoms with Gasteiger partial charge < -0.3 is 5.32 Å². The average Bonchev–Trinajstić information content (AvgIpc) is 2.29. The molecule has 19 heavy (non-hydrogen) atoms. The van der Waals surface area contributed by atoms with Crippen molar-refractivity contribution in [3.05, 3.63) is 32.5 Å². The summed E-state index contributed by atoms with van der Waals surface area (Å²) in [6.45, 7) is -1.51. The first-order valence-corrected chi connectivity index (χ1v) is 5.47. The number of nitrogens with zero attached hydrogens (tertiary/aromatic N) is 1. The van der Waals surface area contributed by atoms with E-state index in [2.05, 4.69) is 15.9 Å². The summed E-state index contributed by atoms with van der Waals surface area (Å²) in [6.07, 6.45) is -3.91. The summed E-state index contributed by atoms with van der Waals surface area (Å²) in [5.74, 6) is -5.33. The predicted octanol–water partition coefficient (Wildman–Crippen LogP) is 3.81. The van der Waals surface area contributed by atoms with Gasteiger partial charge in [-0.3, -0.25) is 10.1 Å². The summed E-state index contributed by atoms with van der Waals surface area (Å²) < 4.78 is 62.1. The van der Waals surface area contributed by atoms with Crippen molar-refractivity contribution in [2.24, 2.45) is 0 Å². The fourth-order valence-corrected chi connectivity index (χ4v) is 1.46. The van der Waals surface area contributed by atoms with Crippen molar-refractivity contribution in [1.29, 1.82) is 0 Å². The first kappa shape index (κ1) is 15.6. The molecule has 0 saturated heterocycles. The molecule has 0 saturated carbocycles. The van der Waals surface area contributed by atoms with Crippen molar-refractivity contribution in [2.75, 3.05) is 11.9 Å². The van der Waals surface area contributed by atoms with Gasteiger partial charge in [-0.25, -0.2) is 13.2 Å². The molecule has 106 valence electrons. The van der Waals surface area contributed by atoms with E-state index in [4.69, 9.17) is 0 Å². The lowest BCUT2D eigenvalue weighted by Gasteiger charge is -2.16. The molecule has 0 heterocycles. The zero-order valence-corrected chi connectivity index (χ0v) is 10.6. The number of halogens is 6. The second kappa shape index (κ2) is 5.68. The van der Waals surface area contributed by atoms with Gasteiger partial charge in [0.05, 0.1) is 22.0 Å². The van der Waals surface area contributed by atoms with E-state index in [1.54, 1.807) is 0 Å². The SMILES string of the molecule is O=[N+]([O-])c1cc(F)c(Br)cc1NCC(F)(F)C(F)F. The van der Waals surface area contributed by atoms with Crippen LogP contribution in [-0.2, 0) is 0 Å². The number of alkyl halides is 4. The number of hydrogen-bond acceptors (Lipinski definition) is 3. The van der Waals surface area contributed by atoms with E-state index in [-0.39, 0.29) is 4.47 Å². The Morgan fingerprint density at radius 2 is 2.00 bits per heavy atom. The molecule has 0 aliphatic heterocycles. The third-order valence-corrected chi connectivity index (χ3v) is 2.68. The Bertz CT molecular complexity index is 498. The second-order valence-corrected chi connectivity index (χ2v) is 4.31. The standard InChI is InChI=1S/C9H6BrF5N2O2/c10-4-1-6(7(17(18)19)2-5(4)11)16-3-9(14,15)8(12)13/h1-2,8,16H,3H2. The summed E-state index contributed by atoms with van der Waals surface area (Å²) in [5.41, 5.74) is -1.32. The predicted molar refractivity (Wildman–Crippen MR) is 60.2 cm³/mol. The first-order chi connectivity index (χ1) is 8.65. The van der Waals surface area contributed by atoms with Gasteiger partial charge in [-0.05, 0) is 22.0 Å². The zero-order valence-electron chi connectivity index (χ0n) is 8.97. The lowest BCUT2D eigenvalue weighted by molar-refractivity contribution is -0.384. The number of hydrogen-bond donors (Lipinski definition) is 1. The molecule has 0 unspecified atom stereocenters. The van der Waals surface area contributed by atoms with Gasteiger partial charge in [0, 0.05) is 0 Å². The fraction of sp³-hybridized carbons (Fsp3) is 0.333. The molecule has 1 aromatic carbocycles. The number of rotatable bonds is 5. The van der Waals surface area contributed by atoms with Crippen LogP contribution < -0.4 is 5.32 Å². The van der Waals surface area contributed by atoms with Crippen LogP contribution >= 0.6 is 15.9 Å². The van der Waals surface area contributed by atoms with Gasteiger partial charge in [0.15, 0.2) is 0 Å². The molecule has 0 amide bonds. The molecule has 0 aliphatic carbocycles. The van der Waals surface area contributed by atoms with E-state index in [9.17, 15) is 32.1 Å². The van der Waals surface area contributed by atoms with Gasteiger partial charge in [-0.1, -0.05) is 0 Å². The van der Waals surface area contributed by atoms with Crippen LogP contribution in [0.4, 0.5) is 33.3 Å². The molecular formula is C9H6BrF5N2O2. The minimum absolute atomic E-state index is 0.221. The molecule has 1 aromatic rings. The molecule has 1 N–H and O–H groups in total. The van der Waals surface area contributed by atoms with E-state index >= 15 is 0 Å². The third-order valence-electron chi connectivity index (χ3n) is 2.07. The van der Waals surface area contributed by atoms with E-state index < -0.39 is 41.0 Å². The Morgan fingerprint density at radius 1 is 1.42 bits per heavy atom. The van der Waals surface area contributed by atoms with Gasteiger partial charge in [0.2, 0.25) is 0 Å². The Labute approximate surface area is 111 Å². The molecule has 0 aliphatic rings. The highest BCUT2D eigenvalue weighted by molar-refractivity contribution is 9.10. The van der Waals surface area contributed by atoms with E-state index in [1.165, 1.54) is 0 Å². The van der Waals surface area contributed by atoms with Crippen LogP contribution in [0.15, 0.2) is 16.6 Å². The molecule has 0 aromatic heterocycles. The number of anilines is 1. The molecule has 0 fully saturated rings. The van der Waals surface area contributed by atoms with Gasteiger partial charge in [-0.2, -0.15) is 8.78 Å². The van der Waals surface area contributed by atoms with Crippen LogP contribution in [0, 0.1) is 15.9 Å². The molecule has 10 heteroatoms. The molecule has 0 bridgehead atoms. The monoisotopic (exact) mass is 348 g/mol. The molecule has 1 rings (SSSR count). The Kier molecular flexibility index (Phi) is 4.66. The lowest BCUT2D eigenvalue weighted by atomic mass is 10.2. The van der Waals surface area contributed by atoms with Gasteiger partial charge >= 0.3 is 12.3 Å². The maximum absolute atomic E-state index is 13.1. The average molecular weight is 349 g/mol. The van der Waals surface area contributed by atoms with Crippen molar-refractivity contribution < 1.29 is 26.9 Å². The fourth-order valence-electron chi connectivity index (χ4n) is 1.12. The van der Waals surface area contributed by atoms with Crippen LogP contribution in [-0.4, -0.2) is 23.8 Å². The zero-order chi connectivity index (χ0) is 14.8. The van der Waals surface area contributed by atoms with E-state index in [1.807, 2.05) is 5.32 Å². The Hall–Kier alpha value is -1.45. The van der Waals surface area contributed by atoms with Crippen LogP contribution in [0.3, 0.4) is 0 Å². The Morgan fingerprint density at radius 3 is 2.47 bits per heavy atom. The highest BCUT2D eigenvalue weighted by atomic mass is 79.9. The van der Waals surface area contributed by atoms with Crippen LogP contribution in [0.5, 0.6) is 0 Å². The van der Waals surface area contributed by atoms with Crippen molar-refractivity contribution >= 4 is 27.3 Å². The van der Waals surface area contributed by atoms with Gasteiger partial charge in [0.25, 0.3) is 5.69 Å². The van der Waals surface area contributed by atoms with Crippen molar-refractivity contribution in [3.63, 3.8) is 0 Å². The molecule has 4 nitrogen and oxygen atoms in total. The number of benzene rings is 1. The van der Waals surface area contributed by atoms with Crippen molar-refractivity contribution in [3.8, 4) is 0 Å². The van der Waals surface area contributed by atoms with E-state index in [0.29, 0.717) is 6.07 Å². The summed E-state index contributed by atoms with van der Waals surface area (Å²) >= 11 is 2.71. The second-order valence-electron chi connectivity index (χ2n) is 3.46. The summed E-state index contributed by atoms with van der Waals surface area (Å²) in [5, 5.41) is 12.4. The van der Waals surface area contributed by atoms with Crippen LogP contribution in [0.2, 0.25) is 0 Å². The lowest BCUT2D eigenvalue weighted by Crippen LogP contribution is -2.34. The molecule has 0 radical (unpaired) electrons. The van der Waals surface area contributed by atoms with Crippen LogP contribution in [0.25, 0.3) is 0 Å². The first-order valence-electron chi connectivity index (χ1n) is 4.68. The molecular weight excluding hydrogens is 343 g/mol. The number of nitro benzene ring substituents is 1. The highest BCUT2D eigenvalue weighted by Crippen LogP contribution is 2.32. The summed E-state index contributed by atoms with van der Waals surface area (Å²) in [7, 11) is 0. The largest absolute Gasteiger partial charge is 0.373 e. The maximum Gasteiger partial charge on any atom is 0.324 e. The smallest absolute Gasteiger partial charge is 0.324 e. The van der Waals surface area contributed by atoms with Crippen molar-refractivity contribution in [2.45, 2.75) is 12.3 Å². The highest BCUT2D eigenvalue weighted by Gasteiger charge is 2.40. The van der Waals surface area contributed by atoms with E-state index in [0.717, 1.165) is 6.07 Å². The molecule has 0 spiro atoms. The molecule has 0 atom stereocenters. The number of nitro groups is 1. The van der Waals surface area contributed by atoms with Gasteiger partial charge in [-0.15, -0.1) is 0 Å². The van der Waals surface area contributed by atoms with Crippen molar-refractivity contribution in [1.82, 2.24) is 0 Å². The maximum atomic E-state index is 13.1. The number of nitrogens with one attached hydrogen (secondary N) is 1. The summed E-state index contributed by atoms with van der Waals surface area (Å²) in [6, 6.07) is 1.32. The minimum atomic E-state index is -4.35.